The van der Waals surface area contributed by atoms with Gasteiger partial charge in [-0.15, -0.1) is 0 Å². The molecule has 3 N–H and O–H groups in total. The summed E-state index contributed by atoms with van der Waals surface area (Å²) in [7, 11) is -4.49. The first-order chi connectivity index (χ1) is 15.8. The van der Waals surface area contributed by atoms with E-state index in [1.807, 2.05) is 42.5 Å². The van der Waals surface area contributed by atoms with E-state index in [9.17, 15) is 22.8 Å². The molecule has 0 saturated carbocycles. The maximum absolute atomic E-state index is 11.3. The zero-order chi connectivity index (χ0) is 25.9. The fourth-order valence-corrected chi connectivity index (χ4v) is 3.54. The summed E-state index contributed by atoms with van der Waals surface area (Å²) >= 11 is 6.87. The lowest BCUT2D eigenvalue weighted by Gasteiger charge is -2.16. The molecule has 2 aromatic carbocycles. The highest BCUT2D eigenvalue weighted by molar-refractivity contribution is 9.10. The number of carbonyl (C=O) groups excluding carboxylic acids is 2. The lowest BCUT2D eigenvalue weighted by Crippen LogP contribution is -2.31. The van der Waals surface area contributed by atoms with Crippen LogP contribution < -0.4 is 10.6 Å². The van der Waals surface area contributed by atoms with Crippen LogP contribution in [-0.4, -0.2) is 50.7 Å². The minimum atomic E-state index is -5.84. The molecule has 0 bridgehead atoms. The molecule has 0 aromatic heterocycles. The number of methoxy groups -OCH3 is 1. The van der Waals surface area contributed by atoms with Crippen LogP contribution in [0.4, 0.5) is 18.0 Å². The summed E-state index contributed by atoms with van der Waals surface area (Å²) < 4.78 is 64.1. The second-order valence-corrected chi connectivity index (χ2v) is 9.57. The highest BCUT2D eigenvalue weighted by atomic mass is 79.9. The summed E-state index contributed by atoms with van der Waals surface area (Å²) in [4.78, 5) is 22.0. The van der Waals surface area contributed by atoms with Crippen LogP contribution in [0.2, 0.25) is 0 Å². The Morgan fingerprint density at radius 3 is 2.26 bits per heavy atom. The van der Waals surface area contributed by atoms with Crippen molar-refractivity contribution >= 4 is 54.0 Å². The maximum atomic E-state index is 11.3. The Bertz CT molecular complexity index is 1100. The number of alkyl carbamates (subject to hydrolysis) is 1. The number of nitrogens with one attached hydrogen (secondary N) is 2. The van der Waals surface area contributed by atoms with Gasteiger partial charge in [0, 0.05) is 27.6 Å². The van der Waals surface area contributed by atoms with Crippen LogP contribution in [0.3, 0.4) is 0 Å². The van der Waals surface area contributed by atoms with E-state index in [1.165, 1.54) is 12.7 Å². The number of carbonyl (C=O) groups is 2. The van der Waals surface area contributed by atoms with E-state index >= 15 is 0 Å². The Morgan fingerprint density at radius 1 is 1.15 bits per heavy atom. The second-order valence-electron chi connectivity index (χ2n) is 6.45. The molecule has 1 aliphatic heterocycles. The Balaban J connectivity index is 0.000000265. The van der Waals surface area contributed by atoms with Crippen molar-refractivity contribution in [3.63, 3.8) is 0 Å². The van der Waals surface area contributed by atoms with Crippen LogP contribution in [0.25, 0.3) is 0 Å². The topological polar surface area (TPSA) is 122 Å². The van der Waals surface area contributed by atoms with Crippen LogP contribution in [0.5, 0.6) is 0 Å². The SMILES string of the molecule is COC(=O)NCCc1ccccc1Br.O=C1NCCc2c(Br)cccc21.O=S(=O)(O)C(F)(F)F. The molecule has 0 unspecified atom stereocenters. The van der Waals surface area contributed by atoms with E-state index in [-0.39, 0.29) is 5.91 Å². The smallest absolute Gasteiger partial charge is 0.453 e. The number of amides is 2. The summed E-state index contributed by atoms with van der Waals surface area (Å²) in [5, 5.41) is 5.43. The van der Waals surface area contributed by atoms with Crippen molar-refractivity contribution in [2.45, 2.75) is 18.3 Å². The molecule has 3 rings (SSSR count). The van der Waals surface area contributed by atoms with E-state index in [0.29, 0.717) is 6.54 Å². The molecule has 0 aliphatic carbocycles. The van der Waals surface area contributed by atoms with E-state index in [1.54, 1.807) is 0 Å². The van der Waals surface area contributed by atoms with E-state index in [0.717, 1.165) is 39.5 Å². The molecule has 14 heteroatoms. The number of hydrogen-bond acceptors (Lipinski definition) is 5. The Kier molecular flexibility index (Phi) is 12.0. The molecule has 8 nitrogen and oxygen atoms in total. The molecule has 2 aromatic rings. The van der Waals surface area contributed by atoms with E-state index in [4.69, 9.17) is 13.0 Å². The largest absolute Gasteiger partial charge is 0.522 e. The van der Waals surface area contributed by atoms with Crippen LogP contribution >= 0.6 is 31.9 Å². The van der Waals surface area contributed by atoms with Gasteiger partial charge >= 0.3 is 21.7 Å². The number of hydrogen-bond donors (Lipinski definition) is 3. The van der Waals surface area contributed by atoms with Crippen LogP contribution in [-0.2, 0) is 27.7 Å². The molecule has 0 radical (unpaired) electrons. The van der Waals surface area contributed by atoms with Gasteiger partial charge in [0.2, 0.25) is 0 Å². The van der Waals surface area contributed by atoms with Gasteiger partial charge in [-0.05, 0) is 42.2 Å². The van der Waals surface area contributed by atoms with E-state index < -0.39 is 21.7 Å². The highest BCUT2D eigenvalue weighted by Gasteiger charge is 2.44. The summed E-state index contributed by atoms with van der Waals surface area (Å²) in [5.41, 5.74) is -2.44. The quantitative estimate of drug-likeness (QED) is 0.339. The highest BCUT2D eigenvalue weighted by Crippen LogP contribution is 2.23. The maximum Gasteiger partial charge on any atom is 0.522 e. The third kappa shape index (κ3) is 9.99. The molecule has 2 amide bonds. The molecule has 188 valence electrons. The molecular formula is C20H21Br2F3N2O6S. The molecule has 1 aliphatic rings. The number of alkyl halides is 3. The van der Waals surface area contributed by atoms with Crippen molar-refractivity contribution in [3.8, 4) is 0 Å². The molecule has 0 fully saturated rings. The molecule has 34 heavy (non-hydrogen) atoms. The van der Waals surface area contributed by atoms with Gasteiger partial charge in [-0.3, -0.25) is 9.35 Å². The van der Waals surface area contributed by atoms with Crippen LogP contribution in [0.15, 0.2) is 51.4 Å². The lowest BCUT2D eigenvalue weighted by atomic mass is 10.0. The fourth-order valence-electron chi connectivity index (χ4n) is 2.49. The molecule has 0 saturated heterocycles. The fraction of sp³-hybridized carbons (Fsp3) is 0.300. The molecule has 0 atom stereocenters. The normalized spacial score (nSPS) is 12.6. The predicted molar refractivity (Wildman–Crippen MR) is 126 cm³/mol. The van der Waals surface area contributed by atoms with Crippen molar-refractivity contribution < 1.29 is 40.5 Å². The summed E-state index contributed by atoms with van der Waals surface area (Å²) in [6, 6.07) is 13.6. The lowest BCUT2D eigenvalue weighted by molar-refractivity contribution is -0.0510. The van der Waals surface area contributed by atoms with Crippen molar-refractivity contribution in [1.29, 1.82) is 0 Å². The zero-order valence-corrected chi connectivity index (χ0v) is 21.6. The Morgan fingerprint density at radius 2 is 1.74 bits per heavy atom. The van der Waals surface area contributed by atoms with Gasteiger partial charge in [-0.1, -0.05) is 56.1 Å². The Labute approximate surface area is 211 Å². The minimum Gasteiger partial charge on any atom is -0.453 e. The molecular weight excluding hydrogens is 613 g/mol. The molecule has 0 spiro atoms. The summed E-state index contributed by atoms with van der Waals surface area (Å²) in [6.45, 7) is 1.32. The van der Waals surface area contributed by atoms with Gasteiger partial charge in [0.25, 0.3) is 5.91 Å². The number of fused-ring (bicyclic) bond motifs is 1. The van der Waals surface area contributed by atoms with Gasteiger partial charge in [0.15, 0.2) is 0 Å². The zero-order valence-electron chi connectivity index (χ0n) is 17.7. The van der Waals surface area contributed by atoms with Gasteiger partial charge < -0.3 is 15.4 Å². The van der Waals surface area contributed by atoms with Gasteiger partial charge in [0.1, 0.15) is 0 Å². The van der Waals surface area contributed by atoms with Gasteiger partial charge in [-0.2, -0.15) is 21.6 Å². The van der Waals surface area contributed by atoms with Crippen LogP contribution in [0, 0.1) is 0 Å². The minimum absolute atomic E-state index is 0.0394. The average molecular weight is 634 g/mol. The van der Waals surface area contributed by atoms with Crippen molar-refractivity contribution in [2.24, 2.45) is 0 Å². The van der Waals surface area contributed by atoms with Crippen molar-refractivity contribution in [2.75, 3.05) is 20.2 Å². The van der Waals surface area contributed by atoms with Crippen molar-refractivity contribution in [3.05, 3.63) is 68.1 Å². The predicted octanol–water partition coefficient (Wildman–Crippen LogP) is 4.48. The second kappa shape index (κ2) is 13.7. The standard InChI is InChI=1S/C10H12BrNO2.C9H8BrNO.CHF3O3S/c1-14-10(13)12-7-6-8-4-2-3-5-9(8)11;10-8-3-1-2-7-6(8)4-5-11-9(7)12;2-1(3,4)8(5,6)7/h2-5H,6-7H2,1H3,(H,12,13);1-3H,4-5H2,(H,11,12);(H,5,6,7). The average Bonchev–Trinajstić information content (AvgIpc) is 2.75. The number of ether oxygens (including phenoxy) is 1. The summed E-state index contributed by atoms with van der Waals surface area (Å²) in [5.74, 6) is 0.0394. The Hall–Kier alpha value is -2.16. The van der Waals surface area contributed by atoms with Crippen LogP contribution in [0.1, 0.15) is 21.5 Å². The summed E-state index contributed by atoms with van der Waals surface area (Å²) in [6.07, 6.45) is 1.32. The first kappa shape index (κ1) is 29.9. The number of halogens is 5. The molecule has 1 heterocycles. The van der Waals surface area contributed by atoms with E-state index in [2.05, 4.69) is 47.2 Å². The first-order valence-electron chi connectivity index (χ1n) is 9.42. The third-order valence-corrected chi connectivity index (χ3v) is 6.22. The van der Waals surface area contributed by atoms with Gasteiger partial charge in [0.05, 0.1) is 7.11 Å². The third-order valence-electron chi connectivity index (χ3n) is 4.12. The number of rotatable bonds is 3. The van der Waals surface area contributed by atoms with Crippen molar-refractivity contribution in [1.82, 2.24) is 10.6 Å². The number of benzene rings is 2. The van der Waals surface area contributed by atoms with Gasteiger partial charge in [-0.25, -0.2) is 4.79 Å². The monoisotopic (exact) mass is 632 g/mol. The first-order valence-corrected chi connectivity index (χ1v) is 12.4.